The van der Waals surface area contributed by atoms with Gasteiger partial charge in [-0.15, -0.1) is 0 Å². The van der Waals surface area contributed by atoms with E-state index in [0.717, 1.165) is 0 Å². The molecule has 0 atom stereocenters. The van der Waals surface area contributed by atoms with Gasteiger partial charge in [0.1, 0.15) is 5.82 Å². The lowest BCUT2D eigenvalue weighted by molar-refractivity contribution is 0.102. The Hall–Kier alpha value is -2.47. The van der Waals surface area contributed by atoms with Crippen LogP contribution in [0.1, 0.15) is 15.9 Å². The van der Waals surface area contributed by atoms with Crippen LogP contribution in [0.25, 0.3) is 0 Å². The number of hydrogen-bond donors (Lipinski definition) is 1. The van der Waals surface area contributed by atoms with Crippen molar-refractivity contribution in [2.24, 2.45) is 0 Å². The molecule has 3 rings (SSSR count). The van der Waals surface area contributed by atoms with Gasteiger partial charge < -0.3 is 5.32 Å². The molecule has 0 aliphatic carbocycles. The fourth-order valence-electron chi connectivity index (χ4n) is 2.15. The average Bonchev–Trinajstić information content (AvgIpc) is 2.97. The largest absolute Gasteiger partial charge is 0.305 e. The molecule has 0 radical (unpaired) electrons. The van der Waals surface area contributed by atoms with Crippen molar-refractivity contribution in [1.29, 1.82) is 0 Å². The molecular weight excluding hydrogens is 361 g/mol. The van der Waals surface area contributed by atoms with Crippen LogP contribution in [-0.4, -0.2) is 15.7 Å². The molecule has 0 saturated heterocycles. The summed E-state index contributed by atoms with van der Waals surface area (Å²) in [5.41, 5.74) is 1.07. The molecule has 23 heavy (non-hydrogen) atoms. The highest BCUT2D eigenvalue weighted by Gasteiger charge is 2.11. The molecule has 0 unspecified atom stereocenters. The number of nitrogens with zero attached hydrogens (tertiary/aromatic N) is 2. The SMILES string of the molecule is O=C(Nc1ccn(Cc2ccccc2F)n1)c1ccccc1Br. The van der Waals surface area contributed by atoms with Crippen LogP contribution < -0.4 is 5.32 Å². The maximum Gasteiger partial charge on any atom is 0.258 e. The molecule has 1 aromatic heterocycles. The second kappa shape index (κ2) is 6.75. The van der Waals surface area contributed by atoms with E-state index in [9.17, 15) is 9.18 Å². The minimum atomic E-state index is -0.276. The maximum atomic E-state index is 13.6. The standard InChI is InChI=1S/C17H13BrFN3O/c18-14-7-3-2-6-13(14)17(23)20-16-9-10-22(21-16)11-12-5-1-4-8-15(12)19/h1-10H,11H2,(H,20,21,23). The number of carbonyl (C=O) groups excluding carboxylic acids is 1. The Morgan fingerprint density at radius 1 is 1.13 bits per heavy atom. The number of benzene rings is 2. The molecule has 1 N–H and O–H groups in total. The van der Waals surface area contributed by atoms with Crippen LogP contribution in [0, 0.1) is 5.82 Å². The molecule has 1 heterocycles. The third kappa shape index (κ3) is 3.65. The Morgan fingerprint density at radius 2 is 1.87 bits per heavy atom. The highest BCUT2D eigenvalue weighted by molar-refractivity contribution is 9.10. The van der Waals surface area contributed by atoms with Crippen molar-refractivity contribution in [1.82, 2.24) is 9.78 Å². The van der Waals surface area contributed by atoms with Crippen molar-refractivity contribution in [3.8, 4) is 0 Å². The normalized spacial score (nSPS) is 10.5. The van der Waals surface area contributed by atoms with Crippen molar-refractivity contribution >= 4 is 27.7 Å². The number of rotatable bonds is 4. The summed E-state index contributed by atoms with van der Waals surface area (Å²) >= 11 is 3.34. The van der Waals surface area contributed by atoms with Crippen LogP contribution in [0.5, 0.6) is 0 Å². The number of aromatic nitrogens is 2. The molecular formula is C17H13BrFN3O. The summed E-state index contributed by atoms with van der Waals surface area (Å²) in [5.74, 6) is -0.113. The van der Waals surface area contributed by atoms with E-state index in [1.807, 2.05) is 6.07 Å². The first-order valence-electron chi connectivity index (χ1n) is 6.96. The van der Waals surface area contributed by atoms with E-state index in [2.05, 4.69) is 26.3 Å². The smallest absolute Gasteiger partial charge is 0.258 e. The fraction of sp³-hybridized carbons (Fsp3) is 0.0588. The van der Waals surface area contributed by atoms with E-state index in [1.165, 1.54) is 6.07 Å². The molecule has 3 aromatic rings. The van der Waals surface area contributed by atoms with Crippen LogP contribution in [0.2, 0.25) is 0 Å². The molecule has 0 bridgehead atoms. The topological polar surface area (TPSA) is 46.9 Å². The Morgan fingerprint density at radius 3 is 2.65 bits per heavy atom. The third-order valence-electron chi connectivity index (χ3n) is 3.29. The van der Waals surface area contributed by atoms with E-state index in [1.54, 1.807) is 53.3 Å². The summed E-state index contributed by atoms with van der Waals surface area (Å²) in [7, 11) is 0. The van der Waals surface area contributed by atoms with Gasteiger partial charge in [-0.05, 0) is 34.1 Å². The minimum absolute atomic E-state index is 0.256. The average molecular weight is 374 g/mol. The van der Waals surface area contributed by atoms with E-state index < -0.39 is 0 Å². The van der Waals surface area contributed by atoms with E-state index in [4.69, 9.17) is 0 Å². The second-order valence-corrected chi connectivity index (χ2v) is 5.78. The summed E-state index contributed by atoms with van der Waals surface area (Å²) in [6.45, 7) is 0.303. The quantitative estimate of drug-likeness (QED) is 0.748. The summed E-state index contributed by atoms with van der Waals surface area (Å²) in [6.07, 6.45) is 1.70. The Balaban J connectivity index is 1.72. The lowest BCUT2D eigenvalue weighted by Crippen LogP contribution is -2.13. The highest BCUT2D eigenvalue weighted by atomic mass is 79.9. The van der Waals surface area contributed by atoms with Gasteiger partial charge in [0.2, 0.25) is 0 Å². The Bertz CT molecular complexity index is 847. The first-order valence-corrected chi connectivity index (χ1v) is 7.75. The van der Waals surface area contributed by atoms with E-state index in [-0.39, 0.29) is 11.7 Å². The highest BCUT2D eigenvalue weighted by Crippen LogP contribution is 2.17. The van der Waals surface area contributed by atoms with E-state index >= 15 is 0 Å². The van der Waals surface area contributed by atoms with Crippen molar-refractivity contribution in [3.05, 3.63) is 82.2 Å². The maximum absolute atomic E-state index is 13.6. The zero-order valence-corrected chi connectivity index (χ0v) is 13.6. The molecule has 0 aliphatic heterocycles. The predicted molar refractivity (Wildman–Crippen MR) is 89.8 cm³/mol. The second-order valence-electron chi connectivity index (χ2n) is 4.92. The zero-order chi connectivity index (χ0) is 16.2. The lowest BCUT2D eigenvalue weighted by Gasteiger charge is -2.05. The van der Waals surface area contributed by atoms with Gasteiger partial charge in [-0.1, -0.05) is 30.3 Å². The summed E-state index contributed by atoms with van der Waals surface area (Å²) in [4.78, 5) is 12.2. The molecule has 6 heteroatoms. The fourth-order valence-corrected chi connectivity index (χ4v) is 2.61. The van der Waals surface area contributed by atoms with Crippen LogP contribution >= 0.6 is 15.9 Å². The first kappa shape index (κ1) is 15.4. The summed E-state index contributed by atoms with van der Waals surface area (Å²) in [6, 6.07) is 15.4. The number of halogens is 2. The summed E-state index contributed by atoms with van der Waals surface area (Å²) < 4.78 is 15.9. The van der Waals surface area contributed by atoms with Crippen molar-refractivity contribution < 1.29 is 9.18 Å². The van der Waals surface area contributed by atoms with Gasteiger partial charge in [0.15, 0.2) is 5.82 Å². The number of anilines is 1. The predicted octanol–water partition coefficient (Wildman–Crippen LogP) is 4.09. The number of hydrogen-bond acceptors (Lipinski definition) is 2. The van der Waals surface area contributed by atoms with Crippen molar-refractivity contribution in [2.45, 2.75) is 6.54 Å². The van der Waals surface area contributed by atoms with Gasteiger partial charge in [0.25, 0.3) is 5.91 Å². The van der Waals surface area contributed by atoms with Crippen LogP contribution in [-0.2, 0) is 6.54 Å². The molecule has 4 nitrogen and oxygen atoms in total. The van der Waals surface area contributed by atoms with Gasteiger partial charge >= 0.3 is 0 Å². The number of nitrogens with one attached hydrogen (secondary N) is 1. The van der Waals surface area contributed by atoms with Crippen LogP contribution in [0.15, 0.2) is 65.3 Å². The van der Waals surface area contributed by atoms with Crippen molar-refractivity contribution in [3.63, 3.8) is 0 Å². The van der Waals surface area contributed by atoms with Crippen LogP contribution in [0.3, 0.4) is 0 Å². The van der Waals surface area contributed by atoms with Gasteiger partial charge in [-0.2, -0.15) is 5.10 Å². The molecule has 116 valence electrons. The van der Waals surface area contributed by atoms with Gasteiger partial charge in [0, 0.05) is 22.3 Å². The van der Waals surface area contributed by atoms with Gasteiger partial charge in [0.05, 0.1) is 12.1 Å². The molecule has 0 saturated carbocycles. The number of carbonyl (C=O) groups is 1. The monoisotopic (exact) mass is 373 g/mol. The van der Waals surface area contributed by atoms with Crippen LogP contribution in [0.4, 0.5) is 10.2 Å². The Kier molecular flexibility index (Phi) is 4.52. The Labute approximate surface area is 141 Å². The zero-order valence-electron chi connectivity index (χ0n) is 12.0. The van der Waals surface area contributed by atoms with Gasteiger partial charge in [-0.3, -0.25) is 9.48 Å². The molecule has 1 amide bonds. The number of amides is 1. The van der Waals surface area contributed by atoms with Gasteiger partial charge in [-0.25, -0.2) is 4.39 Å². The molecule has 2 aromatic carbocycles. The minimum Gasteiger partial charge on any atom is -0.305 e. The lowest BCUT2D eigenvalue weighted by atomic mass is 10.2. The third-order valence-corrected chi connectivity index (χ3v) is 3.98. The van der Waals surface area contributed by atoms with Crippen molar-refractivity contribution in [2.75, 3.05) is 5.32 Å². The first-order chi connectivity index (χ1) is 11.1. The molecule has 0 fully saturated rings. The molecule has 0 spiro atoms. The summed E-state index contributed by atoms with van der Waals surface area (Å²) in [5, 5.41) is 6.97. The van der Waals surface area contributed by atoms with E-state index in [0.29, 0.717) is 28.0 Å². The molecule has 0 aliphatic rings.